The molecule has 1 aromatic carbocycles. The maximum Gasteiger partial charge on any atom is 0.339 e. The first-order valence-electron chi connectivity index (χ1n) is 9.62. The second kappa shape index (κ2) is 7.54. The second-order valence-electron chi connectivity index (χ2n) is 7.43. The maximum atomic E-state index is 12.9. The van der Waals surface area contributed by atoms with Crippen LogP contribution in [-0.4, -0.2) is 54.5 Å². The molecule has 0 atom stereocenters. The number of carbonyl (C=O) groups is 2. The van der Waals surface area contributed by atoms with Crippen LogP contribution in [0.3, 0.4) is 0 Å². The van der Waals surface area contributed by atoms with Crippen molar-refractivity contribution in [2.75, 3.05) is 13.1 Å². The fraction of sp³-hybridized carbons (Fsp3) is 0.333. The lowest BCUT2D eigenvalue weighted by molar-refractivity contribution is 0.0688. The van der Waals surface area contributed by atoms with Gasteiger partial charge in [-0.1, -0.05) is 0 Å². The summed E-state index contributed by atoms with van der Waals surface area (Å²) < 4.78 is 3.57. The molecule has 1 aliphatic heterocycles. The highest BCUT2D eigenvalue weighted by Crippen LogP contribution is 2.25. The summed E-state index contributed by atoms with van der Waals surface area (Å²) in [5, 5.41) is 17.7. The summed E-state index contributed by atoms with van der Waals surface area (Å²) in [6.45, 7) is 4.99. The first kappa shape index (κ1) is 18.9. The van der Waals surface area contributed by atoms with Crippen molar-refractivity contribution in [2.24, 2.45) is 0 Å². The molecule has 1 saturated heterocycles. The van der Waals surface area contributed by atoms with Crippen LogP contribution in [0.5, 0.6) is 0 Å². The molecule has 0 unspecified atom stereocenters. The molecule has 8 nitrogen and oxygen atoms in total. The van der Waals surface area contributed by atoms with Crippen molar-refractivity contribution in [1.29, 1.82) is 0 Å². The predicted octanol–water partition coefficient (Wildman–Crippen LogP) is 2.86. The monoisotopic (exact) mass is 393 g/mol. The molecule has 0 radical (unpaired) electrons. The number of amides is 1. The van der Waals surface area contributed by atoms with Gasteiger partial charge in [0.1, 0.15) is 5.56 Å². The van der Waals surface area contributed by atoms with Crippen molar-refractivity contribution in [3.8, 4) is 5.69 Å². The molecule has 1 fully saturated rings. The number of benzene rings is 1. The smallest absolute Gasteiger partial charge is 0.339 e. The van der Waals surface area contributed by atoms with E-state index in [0.717, 1.165) is 24.1 Å². The molecule has 1 amide bonds. The first-order valence-corrected chi connectivity index (χ1v) is 9.62. The van der Waals surface area contributed by atoms with Crippen molar-refractivity contribution >= 4 is 11.9 Å². The number of aromatic carboxylic acids is 1. The van der Waals surface area contributed by atoms with Crippen molar-refractivity contribution in [3.63, 3.8) is 0 Å². The molecule has 1 aliphatic rings. The van der Waals surface area contributed by atoms with Gasteiger partial charge in [0, 0.05) is 24.8 Å². The van der Waals surface area contributed by atoms with Crippen LogP contribution in [0.4, 0.5) is 0 Å². The van der Waals surface area contributed by atoms with Gasteiger partial charge in [-0.2, -0.15) is 10.2 Å². The molecule has 8 heteroatoms. The molecule has 150 valence electrons. The molecule has 0 aliphatic carbocycles. The zero-order chi connectivity index (χ0) is 20.5. The fourth-order valence-corrected chi connectivity index (χ4v) is 3.81. The Balaban J connectivity index is 1.41. The van der Waals surface area contributed by atoms with E-state index in [2.05, 4.69) is 10.2 Å². The predicted molar refractivity (Wildman–Crippen MR) is 106 cm³/mol. The van der Waals surface area contributed by atoms with E-state index in [1.165, 1.54) is 6.20 Å². The van der Waals surface area contributed by atoms with Crippen LogP contribution in [0.15, 0.2) is 42.9 Å². The molecule has 4 rings (SSSR count). The largest absolute Gasteiger partial charge is 0.478 e. The molecule has 3 aromatic rings. The molecule has 0 bridgehead atoms. The first-order chi connectivity index (χ1) is 13.9. The van der Waals surface area contributed by atoms with Crippen LogP contribution >= 0.6 is 0 Å². The van der Waals surface area contributed by atoms with Crippen molar-refractivity contribution in [1.82, 2.24) is 24.5 Å². The van der Waals surface area contributed by atoms with Crippen molar-refractivity contribution in [2.45, 2.75) is 32.7 Å². The molecule has 1 N–H and O–H groups in total. The van der Waals surface area contributed by atoms with E-state index in [1.54, 1.807) is 22.5 Å². The van der Waals surface area contributed by atoms with Crippen LogP contribution in [0, 0.1) is 13.8 Å². The number of aryl methyl sites for hydroxylation is 1. The third kappa shape index (κ3) is 3.65. The Morgan fingerprint density at radius 2 is 1.72 bits per heavy atom. The van der Waals surface area contributed by atoms with E-state index >= 15 is 0 Å². The highest BCUT2D eigenvalue weighted by molar-refractivity contribution is 5.94. The van der Waals surface area contributed by atoms with Gasteiger partial charge in [-0.15, -0.1) is 0 Å². The van der Waals surface area contributed by atoms with Gasteiger partial charge in [0.2, 0.25) is 0 Å². The number of likely N-dealkylation sites (tertiary alicyclic amines) is 1. The van der Waals surface area contributed by atoms with Crippen LogP contribution in [0.2, 0.25) is 0 Å². The van der Waals surface area contributed by atoms with Crippen LogP contribution in [-0.2, 0) is 0 Å². The molecule has 0 spiro atoms. The van der Waals surface area contributed by atoms with Gasteiger partial charge in [-0.3, -0.25) is 9.48 Å². The normalized spacial score (nSPS) is 14.9. The van der Waals surface area contributed by atoms with Gasteiger partial charge in [-0.05, 0) is 56.5 Å². The van der Waals surface area contributed by atoms with Gasteiger partial charge >= 0.3 is 5.97 Å². The van der Waals surface area contributed by atoms with Gasteiger partial charge in [0.05, 0.1) is 29.8 Å². The number of carboxylic acid groups (broad SMARTS) is 1. The van der Waals surface area contributed by atoms with E-state index in [1.807, 2.05) is 42.3 Å². The topological polar surface area (TPSA) is 93.3 Å². The number of carbonyl (C=O) groups excluding carboxylic acids is 1. The number of hydrogen-bond donors (Lipinski definition) is 1. The average molecular weight is 393 g/mol. The fourth-order valence-electron chi connectivity index (χ4n) is 3.81. The lowest BCUT2D eigenvalue weighted by Crippen LogP contribution is -2.39. The minimum atomic E-state index is -0.963. The SMILES string of the molecule is Cc1cnn(-c2ccc(C(=O)N3CCC(n4ncc(C(=O)O)c4C)CC3)cc2)c1. The lowest BCUT2D eigenvalue weighted by Gasteiger charge is -2.32. The number of nitrogens with zero attached hydrogens (tertiary/aromatic N) is 5. The minimum absolute atomic E-state index is 0.00931. The van der Waals surface area contributed by atoms with Gasteiger partial charge < -0.3 is 10.0 Å². The highest BCUT2D eigenvalue weighted by Gasteiger charge is 2.27. The third-order valence-corrected chi connectivity index (χ3v) is 5.46. The molecule has 29 heavy (non-hydrogen) atoms. The third-order valence-electron chi connectivity index (χ3n) is 5.46. The minimum Gasteiger partial charge on any atom is -0.478 e. The Morgan fingerprint density at radius 3 is 2.28 bits per heavy atom. The number of piperidine rings is 1. The van der Waals surface area contributed by atoms with Crippen LogP contribution in [0.25, 0.3) is 5.69 Å². The Hall–Kier alpha value is -3.42. The van der Waals surface area contributed by atoms with E-state index in [4.69, 9.17) is 0 Å². The number of aromatic nitrogens is 4. The second-order valence-corrected chi connectivity index (χ2v) is 7.43. The highest BCUT2D eigenvalue weighted by atomic mass is 16.4. The summed E-state index contributed by atoms with van der Waals surface area (Å²) >= 11 is 0. The Labute approximate surface area is 168 Å². The summed E-state index contributed by atoms with van der Waals surface area (Å²) in [5.41, 5.74) is 3.54. The summed E-state index contributed by atoms with van der Waals surface area (Å²) in [6.07, 6.45) is 6.63. The quantitative estimate of drug-likeness (QED) is 0.736. The zero-order valence-corrected chi connectivity index (χ0v) is 16.4. The van der Waals surface area contributed by atoms with E-state index < -0.39 is 5.97 Å². The number of hydrogen-bond acceptors (Lipinski definition) is 4. The summed E-state index contributed by atoms with van der Waals surface area (Å²) in [6, 6.07) is 7.56. The molecule has 3 heterocycles. The molecule has 2 aromatic heterocycles. The number of rotatable bonds is 4. The lowest BCUT2D eigenvalue weighted by atomic mass is 10.0. The number of carboxylic acids is 1. The molecular formula is C21H23N5O3. The van der Waals surface area contributed by atoms with Crippen LogP contribution in [0.1, 0.15) is 50.9 Å². The summed E-state index contributed by atoms with van der Waals surface area (Å²) in [7, 11) is 0. The van der Waals surface area contributed by atoms with Gasteiger partial charge in [-0.25, -0.2) is 9.48 Å². The van der Waals surface area contributed by atoms with Gasteiger partial charge in [0.25, 0.3) is 5.91 Å². The molecular weight excluding hydrogens is 370 g/mol. The van der Waals surface area contributed by atoms with Crippen molar-refractivity contribution < 1.29 is 14.7 Å². The van der Waals surface area contributed by atoms with Crippen LogP contribution < -0.4 is 0 Å². The molecule has 0 saturated carbocycles. The van der Waals surface area contributed by atoms with E-state index in [9.17, 15) is 14.7 Å². The Morgan fingerprint density at radius 1 is 1.03 bits per heavy atom. The van der Waals surface area contributed by atoms with E-state index in [-0.39, 0.29) is 17.5 Å². The van der Waals surface area contributed by atoms with E-state index in [0.29, 0.717) is 24.3 Å². The standard InChI is InChI=1S/C21H23N5O3/c1-14-11-22-25(13-14)17-5-3-16(4-6-17)20(27)24-9-7-18(8-10-24)26-15(2)19(12-23-26)21(28)29/h3-6,11-13,18H,7-10H2,1-2H3,(H,28,29). The van der Waals surface area contributed by atoms with Gasteiger partial charge in [0.15, 0.2) is 0 Å². The maximum absolute atomic E-state index is 12.9. The Kier molecular flexibility index (Phi) is 4.92. The Bertz CT molecular complexity index is 1040. The summed E-state index contributed by atoms with van der Waals surface area (Å²) in [5.74, 6) is -0.954. The average Bonchev–Trinajstić information content (AvgIpc) is 3.33. The summed E-state index contributed by atoms with van der Waals surface area (Å²) in [4.78, 5) is 25.9. The van der Waals surface area contributed by atoms with Crippen molar-refractivity contribution in [3.05, 3.63) is 65.2 Å². The zero-order valence-electron chi connectivity index (χ0n) is 16.4.